The highest BCUT2D eigenvalue weighted by Gasteiger charge is 2.43. The standard InChI is InChI=1S/C56H47NO/c1-37-34-42(57(40-18-8-6-9-19-40)41-20-10-7-11-21-41)30-33-43(37)44-22-14-17-27-51(44)56(58,38-28-31-47-45-23-12-15-25-49(45)54(2,3)52(47)35-38)39-29-32-48-46-24-13-16-26-50(46)55(4,5)53(48)36-39/h6-36,58H,1-5H3. The molecule has 58 heavy (non-hydrogen) atoms. The Hall–Kier alpha value is -6.48. The van der Waals surface area contributed by atoms with Gasteiger partial charge >= 0.3 is 0 Å². The molecule has 0 aromatic heterocycles. The third-order valence-electron chi connectivity index (χ3n) is 13.1. The van der Waals surface area contributed by atoms with E-state index in [-0.39, 0.29) is 10.8 Å². The minimum absolute atomic E-state index is 0.222. The van der Waals surface area contributed by atoms with Crippen LogP contribution in [0.15, 0.2) is 188 Å². The normalized spacial score (nSPS) is 14.3. The maximum absolute atomic E-state index is 14.0. The van der Waals surface area contributed by atoms with E-state index in [4.69, 9.17) is 0 Å². The zero-order valence-corrected chi connectivity index (χ0v) is 33.8. The van der Waals surface area contributed by atoms with E-state index >= 15 is 0 Å². The summed E-state index contributed by atoms with van der Waals surface area (Å²) in [6, 6.07) is 67.1. The van der Waals surface area contributed by atoms with Gasteiger partial charge in [0.25, 0.3) is 0 Å². The van der Waals surface area contributed by atoms with Gasteiger partial charge in [0.05, 0.1) is 0 Å². The second-order valence-corrected chi connectivity index (χ2v) is 17.1. The molecule has 2 aliphatic rings. The summed E-state index contributed by atoms with van der Waals surface area (Å²) in [5.74, 6) is 0. The van der Waals surface area contributed by atoms with Gasteiger partial charge in [0, 0.05) is 33.5 Å². The molecule has 0 spiro atoms. The predicted molar refractivity (Wildman–Crippen MR) is 241 cm³/mol. The largest absolute Gasteiger partial charge is 0.376 e. The first-order valence-electron chi connectivity index (χ1n) is 20.4. The summed E-state index contributed by atoms with van der Waals surface area (Å²) >= 11 is 0. The Labute approximate surface area is 342 Å². The summed E-state index contributed by atoms with van der Waals surface area (Å²) in [6.07, 6.45) is 0. The molecule has 0 saturated heterocycles. The Morgan fingerprint density at radius 2 is 0.793 bits per heavy atom. The van der Waals surface area contributed by atoms with Crippen LogP contribution in [-0.4, -0.2) is 5.11 Å². The molecule has 0 heterocycles. The van der Waals surface area contributed by atoms with Gasteiger partial charge in [-0.15, -0.1) is 0 Å². The van der Waals surface area contributed by atoms with Gasteiger partial charge in [-0.2, -0.15) is 0 Å². The van der Waals surface area contributed by atoms with Crippen molar-refractivity contribution in [2.75, 3.05) is 4.90 Å². The first-order valence-corrected chi connectivity index (χ1v) is 20.4. The second-order valence-electron chi connectivity index (χ2n) is 17.1. The van der Waals surface area contributed by atoms with Crippen molar-refractivity contribution < 1.29 is 5.11 Å². The number of anilines is 3. The van der Waals surface area contributed by atoms with E-state index in [1.165, 1.54) is 44.5 Å². The van der Waals surface area contributed by atoms with Gasteiger partial charge in [-0.05, 0) is 116 Å². The topological polar surface area (TPSA) is 23.5 Å². The molecule has 0 bridgehead atoms. The molecule has 2 heteroatoms. The highest BCUT2D eigenvalue weighted by Crippen LogP contribution is 2.54. The molecule has 2 nitrogen and oxygen atoms in total. The van der Waals surface area contributed by atoms with Crippen molar-refractivity contribution in [2.45, 2.75) is 51.0 Å². The first kappa shape index (κ1) is 35.9. The van der Waals surface area contributed by atoms with Crippen molar-refractivity contribution >= 4 is 17.1 Å². The second kappa shape index (κ2) is 13.3. The Morgan fingerprint density at radius 1 is 0.379 bits per heavy atom. The lowest BCUT2D eigenvalue weighted by Gasteiger charge is -2.35. The number of rotatable bonds is 7. The predicted octanol–water partition coefficient (Wildman–Crippen LogP) is 14.0. The number of hydrogen-bond donors (Lipinski definition) is 1. The van der Waals surface area contributed by atoms with Crippen LogP contribution in [0.3, 0.4) is 0 Å². The van der Waals surface area contributed by atoms with E-state index in [2.05, 4.69) is 228 Å². The van der Waals surface area contributed by atoms with Crippen molar-refractivity contribution in [1.29, 1.82) is 0 Å². The van der Waals surface area contributed by atoms with Crippen molar-refractivity contribution in [3.63, 3.8) is 0 Å². The molecular weight excluding hydrogens is 703 g/mol. The van der Waals surface area contributed by atoms with Gasteiger partial charge in [0.1, 0.15) is 5.60 Å². The van der Waals surface area contributed by atoms with Crippen LogP contribution in [0.5, 0.6) is 0 Å². The number of aryl methyl sites for hydroxylation is 1. The molecule has 0 fully saturated rings. The molecule has 0 amide bonds. The summed E-state index contributed by atoms with van der Waals surface area (Å²) in [5, 5.41) is 14.0. The number of fused-ring (bicyclic) bond motifs is 6. The van der Waals surface area contributed by atoms with Crippen molar-refractivity contribution in [3.8, 4) is 33.4 Å². The monoisotopic (exact) mass is 749 g/mol. The van der Waals surface area contributed by atoms with Crippen molar-refractivity contribution in [1.82, 2.24) is 0 Å². The summed E-state index contributed by atoms with van der Waals surface area (Å²) in [6.45, 7) is 11.4. The number of aliphatic hydroxyl groups is 1. The first-order chi connectivity index (χ1) is 28.1. The van der Waals surface area contributed by atoms with Crippen molar-refractivity contribution in [3.05, 3.63) is 233 Å². The maximum atomic E-state index is 14.0. The lowest BCUT2D eigenvalue weighted by atomic mass is 9.73. The van der Waals surface area contributed by atoms with Crippen LogP contribution < -0.4 is 4.90 Å². The Morgan fingerprint density at radius 3 is 1.29 bits per heavy atom. The van der Waals surface area contributed by atoms with Crippen LogP contribution in [0.1, 0.15) is 72.2 Å². The van der Waals surface area contributed by atoms with E-state index in [0.29, 0.717) is 0 Å². The molecule has 0 saturated carbocycles. The third-order valence-corrected chi connectivity index (χ3v) is 13.1. The number of hydrogen-bond acceptors (Lipinski definition) is 2. The Bertz CT molecular complexity index is 2720. The molecule has 1 N–H and O–H groups in total. The van der Waals surface area contributed by atoms with E-state index in [9.17, 15) is 5.11 Å². The lowest BCUT2D eigenvalue weighted by molar-refractivity contribution is 0.126. The number of nitrogens with zero attached hydrogens (tertiary/aromatic N) is 1. The molecule has 8 aromatic carbocycles. The smallest absolute Gasteiger partial charge is 0.141 e. The highest BCUT2D eigenvalue weighted by molar-refractivity contribution is 5.85. The van der Waals surface area contributed by atoms with Gasteiger partial charge in [-0.1, -0.05) is 179 Å². The highest BCUT2D eigenvalue weighted by atomic mass is 16.3. The molecule has 10 rings (SSSR count). The minimum Gasteiger partial charge on any atom is -0.376 e. The summed E-state index contributed by atoms with van der Waals surface area (Å²) in [7, 11) is 0. The van der Waals surface area contributed by atoms with E-state index in [1.54, 1.807) is 0 Å². The molecule has 0 unspecified atom stereocenters. The van der Waals surface area contributed by atoms with E-state index < -0.39 is 5.60 Å². The fourth-order valence-electron chi connectivity index (χ4n) is 10.1. The minimum atomic E-state index is -1.48. The average Bonchev–Trinajstić information content (AvgIpc) is 3.63. The summed E-state index contributed by atoms with van der Waals surface area (Å²) in [5.41, 5.74) is 17.3. The van der Waals surface area contributed by atoms with Gasteiger partial charge in [-0.25, -0.2) is 0 Å². The summed E-state index contributed by atoms with van der Waals surface area (Å²) < 4.78 is 0. The van der Waals surface area contributed by atoms with Crippen LogP contribution in [0, 0.1) is 6.92 Å². The van der Waals surface area contributed by atoms with Crippen LogP contribution in [0.4, 0.5) is 17.1 Å². The molecule has 8 aromatic rings. The average molecular weight is 750 g/mol. The maximum Gasteiger partial charge on any atom is 0.141 e. The van der Waals surface area contributed by atoms with Crippen LogP contribution >= 0.6 is 0 Å². The number of benzene rings is 8. The lowest BCUT2D eigenvalue weighted by Crippen LogP contribution is -2.31. The molecule has 0 radical (unpaired) electrons. The Balaban J connectivity index is 1.17. The molecule has 0 aliphatic heterocycles. The molecule has 0 atom stereocenters. The zero-order valence-electron chi connectivity index (χ0n) is 33.8. The Kier molecular flexibility index (Phi) is 8.23. The summed E-state index contributed by atoms with van der Waals surface area (Å²) in [4.78, 5) is 2.30. The zero-order chi connectivity index (χ0) is 39.8. The quantitative estimate of drug-likeness (QED) is 0.164. The van der Waals surface area contributed by atoms with Gasteiger partial charge < -0.3 is 10.0 Å². The van der Waals surface area contributed by atoms with Crippen LogP contribution in [-0.2, 0) is 16.4 Å². The van der Waals surface area contributed by atoms with Gasteiger partial charge in [0.2, 0.25) is 0 Å². The molecule has 2 aliphatic carbocycles. The molecule has 282 valence electrons. The van der Waals surface area contributed by atoms with E-state index in [1.807, 2.05) is 0 Å². The van der Waals surface area contributed by atoms with Gasteiger partial charge in [-0.3, -0.25) is 0 Å². The van der Waals surface area contributed by atoms with Gasteiger partial charge in [0.15, 0.2) is 0 Å². The fraction of sp³-hybridized carbons (Fsp3) is 0.143. The molecular formula is C56H47NO. The fourth-order valence-corrected chi connectivity index (χ4v) is 10.1. The van der Waals surface area contributed by atoms with Crippen LogP contribution in [0.25, 0.3) is 33.4 Å². The SMILES string of the molecule is Cc1cc(N(c2ccccc2)c2ccccc2)ccc1-c1ccccc1C(O)(c1ccc2c(c1)C(C)(C)c1ccccc1-2)c1ccc2c(c1)C(C)(C)c1ccccc1-2. The van der Waals surface area contributed by atoms with Crippen LogP contribution in [0.2, 0.25) is 0 Å². The van der Waals surface area contributed by atoms with E-state index in [0.717, 1.165) is 50.4 Å². The third kappa shape index (κ3) is 5.36. The number of para-hydroxylation sites is 2. The van der Waals surface area contributed by atoms with Crippen molar-refractivity contribution in [2.24, 2.45) is 0 Å².